The number of rotatable bonds is 6. The van der Waals surface area contributed by atoms with E-state index in [0.717, 1.165) is 5.56 Å². The van der Waals surface area contributed by atoms with Gasteiger partial charge < -0.3 is 20.3 Å². The molecule has 1 heterocycles. The monoisotopic (exact) mass is 371 g/mol. The molecule has 2 N–H and O–H groups in total. The minimum atomic E-state index is -0.312. The van der Waals surface area contributed by atoms with Crippen LogP contribution >= 0.6 is 0 Å². The topological polar surface area (TPSA) is 70.7 Å². The fourth-order valence-corrected chi connectivity index (χ4v) is 2.80. The summed E-state index contributed by atoms with van der Waals surface area (Å²) in [7, 11) is 0. The van der Waals surface area contributed by atoms with E-state index in [1.54, 1.807) is 35.2 Å². The summed E-state index contributed by atoms with van der Waals surface area (Å²) in [6.45, 7) is 2.54. The Bertz CT molecular complexity index is 789. The average Bonchev–Trinajstić information content (AvgIpc) is 2.72. The first-order chi connectivity index (χ1) is 13.1. The summed E-state index contributed by atoms with van der Waals surface area (Å²) < 4.78 is 18.2. The molecule has 142 valence electrons. The molecule has 1 fully saturated rings. The Morgan fingerprint density at radius 1 is 1.04 bits per heavy atom. The highest BCUT2D eigenvalue weighted by atomic mass is 19.1. The van der Waals surface area contributed by atoms with Crippen molar-refractivity contribution in [2.45, 2.75) is 6.54 Å². The molecule has 0 atom stereocenters. The van der Waals surface area contributed by atoms with Gasteiger partial charge in [0.2, 0.25) is 5.91 Å². The third-order valence-electron chi connectivity index (χ3n) is 4.30. The van der Waals surface area contributed by atoms with Crippen LogP contribution in [-0.4, -0.2) is 49.6 Å². The molecule has 0 saturated carbocycles. The van der Waals surface area contributed by atoms with Crippen LogP contribution in [0.3, 0.4) is 0 Å². The van der Waals surface area contributed by atoms with E-state index in [-0.39, 0.29) is 24.2 Å². The Hall–Kier alpha value is -2.93. The standard InChI is InChI=1S/C20H22FN3O3/c21-16-7-5-15(6-8-16)13-23-19(25)14-22-18-4-2-1-3-17(18)20(26)24-9-11-27-12-10-24/h1-8,22H,9-14H2,(H,23,25). The van der Waals surface area contributed by atoms with Gasteiger partial charge in [-0.15, -0.1) is 0 Å². The van der Waals surface area contributed by atoms with Crippen LogP contribution in [0.25, 0.3) is 0 Å². The molecule has 1 aliphatic heterocycles. The summed E-state index contributed by atoms with van der Waals surface area (Å²) in [6, 6.07) is 13.1. The summed E-state index contributed by atoms with van der Waals surface area (Å²) in [5.74, 6) is -0.602. The molecule has 1 saturated heterocycles. The molecule has 7 heteroatoms. The first kappa shape index (κ1) is 18.8. The number of hydrogen-bond acceptors (Lipinski definition) is 4. The van der Waals surface area contributed by atoms with Crippen molar-refractivity contribution in [3.63, 3.8) is 0 Å². The Morgan fingerprint density at radius 2 is 1.74 bits per heavy atom. The van der Waals surface area contributed by atoms with Crippen LogP contribution in [0.4, 0.5) is 10.1 Å². The molecule has 2 amide bonds. The van der Waals surface area contributed by atoms with Gasteiger partial charge >= 0.3 is 0 Å². The fraction of sp³-hybridized carbons (Fsp3) is 0.300. The van der Waals surface area contributed by atoms with E-state index >= 15 is 0 Å². The quantitative estimate of drug-likeness (QED) is 0.815. The maximum absolute atomic E-state index is 12.9. The van der Waals surface area contributed by atoms with E-state index in [1.165, 1.54) is 12.1 Å². The second kappa shape index (κ2) is 9.14. The predicted molar refractivity (Wildman–Crippen MR) is 99.9 cm³/mol. The number of hydrogen-bond donors (Lipinski definition) is 2. The van der Waals surface area contributed by atoms with Crippen LogP contribution in [0.5, 0.6) is 0 Å². The van der Waals surface area contributed by atoms with Crippen molar-refractivity contribution in [1.82, 2.24) is 10.2 Å². The number of para-hydroxylation sites is 1. The zero-order valence-electron chi connectivity index (χ0n) is 14.9. The second-order valence-electron chi connectivity index (χ2n) is 6.21. The van der Waals surface area contributed by atoms with Gasteiger partial charge in [-0.05, 0) is 29.8 Å². The lowest BCUT2D eigenvalue weighted by molar-refractivity contribution is -0.119. The molecular weight excluding hydrogens is 349 g/mol. The lowest BCUT2D eigenvalue weighted by atomic mass is 10.1. The molecule has 27 heavy (non-hydrogen) atoms. The highest BCUT2D eigenvalue weighted by molar-refractivity contribution is 6.00. The molecule has 0 aromatic heterocycles. The van der Waals surface area contributed by atoms with E-state index in [4.69, 9.17) is 4.74 Å². The smallest absolute Gasteiger partial charge is 0.256 e. The van der Waals surface area contributed by atoms with Crippen LogP contribution in [0, 0.1) is 5.82 Å². The van der Waals surface area contributed by atoms with Gasteiger partial charge in [-0.1, -0.05) is 24.3 Å². The molecule has 0 bridgehead atoms. The van der Waals surface area contributed by atoms with Crippen molar-refractivity contribution >= 4 is 17.5 Å². The minimum Gasteiger partial charge on any atom is -0.378 e. The summed E-state index contributed by atoms with van der Waals surface area (Å²) >= 11 is 0. The lowest BCUT2D eigenvalue weighted by Gasteiger charge is -2.27. The largest absolute Gasteiger partial charge is 0.378 e. The summed E-state index contributed by atoms with van der Waals surface area (Å²) in [4.78, 5) is 26.5. The normalized spacial score (nSPS) is 13.9. The SMILES string of the molecule is O=C(CNc1ccccc1C(=O)N1CCOCC1)NCc1ccc(F)cc1. The second-order valence-corrected chi connectivity index (χ2v) is 6.21. The van der Waals surface area contributed by atoms with E-state index in [0.29, 0.717) is 44.1 Å². The molecule has 0 radical (unpaired) electrons. The van der Waals surface area contributed by atoms with E-state index in [9.17, 15) is 14.0 Å². The summed E-state index contributed by atoms with van der Waals surface area (Å²) in [5.41, 5.74) is 1.96. The highest BCUT2D eigenvalue weighted by Gasteiger charge is 2.20. The maximum Gasteiger partial charge on any atom is 0.256 e. The molecule has 2 aromatic carbocycles. The van der Waals surface area contributed by atoms with Gasteiger partial charge in [0.05, 0.1) is 25.3 Å². The summed E-state index contributed by atoms with van der Waals surface area (Å²) in [6.07, 6.45) is 0. The van der Waals surface area contributed by atoms with Crippen molar-refractivity contribution in [3.05, 3.63) is 65.5 Å². The molecular formula is C20H22FN3O3. The number of morpholine rings is 1. The number of benzene rings is 2. The van der Waals surface area contributed by atoms with Crippen LogP contribution < -0.4 is 10.6 Å². The van der Waals surface area contributed by atoms with Gasteiger partial charge in [-0.25, -0.2) is 4.39 Å². The van der Waals surface area contributed by atoms with Crippen LogP contribution in [0.2, 0.25) is 0 Å². The van der Waals surface area contributed by atoms with Gasteiger partial charge in [0, 0.05) is 25.3 Å². The van der Waals surface area contributed by atoms with Gasteiger partial charge in [0.15, 0.2) is 0 Å². The molecule has 3 rings (SSSR count). The van der Waals surface area contributed by atoms with Crippen LogP contribution in [0.1, 0.15) is 15.9 Å². The number of ether oxygens (including phenoxy) is 1. The zero-order chi connectivity index (χ0) is 19.1. The fourth-order valence-electron chi connectivity index (χ4n) is 2.80. The molecule has 0 aliphatic carbocycles. The van der Waals surface area contributed by atoms with E-state index in [2.05, 4.69) is 10.6 Å². The Kier molecular flexibility index (Phi) is 6.38. The molecule has 0 unspecified atom stereocenters. The number of nitrogens with zero attached hydrogens (tertiary/aromatic N) is 1. The Morgan fingerprint density at radius 3 is 2.48 bits per heavy atom. The van der Waals surface area contributed by atoms with Gasteiger partial charge in [-0.2, -0.15) is 0 Å². The van der Waals surface area contributed by atoms with Crippen molar-refractivity contribution in [3.8, 4) is 0 Å². The van der Waals surface area contributed by atoms with Gasteiger partial charge in [0.25, 0.3) is 5.91 Å². The Balaban J connectivity index is 1.55. The van der Waals surface area contributed by atoms with Crippen molar-refractivity contribution < 1.29 is 18.7 Å². The van der Waals surface area contributed by atoms with Crippen molar-refractivity contribution in [2.75, 3.05) is 38.2 Å². The van der Waals surface area contributed by atoms with Crippen molar-refractivity contribution in [2.24, 2.45) is 0 Å². The zero-order valence-corrected chi connectivity index (χ0v) is 14.9. The number of halogens is 1. The van der Waals surface area contributed by atoms with Crippen molar-refractivity contribution in [1.29, 1.82) is 0 Å². The number of nitrogens with one attached hydrogen (secondary N) is 2. The van der Waals surface area contributed by atoms with Gasteiger partial charge in [0.1, 0.15) is 5.82 Å². The lowest BCUT2D eigenvalue weighted by Crippen LogP contribution is -2.41. The Labute approximate surface area is 157 Å². The molecule has 6 nitrogen and oxygen atoms in total. The number of amides is 2. The highest BCUT2D eigenvalue weighted by Crippen LogP contribution is 2.18. The third-order valence-corrected chi connectivity index (χ3v) is 4.30. The summed E-state index contributed by atoms with van der Waals surface area (Å²) in [5, 5.41) is 5.79. The number of carbonyl (C=O) groups excluding carboxylic acids is 2. The predicted octanol–water partition coefficient (Wildman–Crippen LogP) is 2.03. The van der Waals surface area contributed by atoms with Gasteiger partial charge in [-0.3, -0.25) is 9.59 Å². The molecule has 2 aromatic rings. The van der Waals surface area contributed by atoms with Crippen LogP contribution in [-0.2, 0) is 16.1 Å². The molecule has 1 aliphatic rings. The molecule has 0 spiro atoms. The first-order valence-electron chi connectivity index (χ1n) is 8.84. The number of anilines is 1. The minimum absolute atomic E-state index is 0.0363. The maximum atomic E-state index is 12.9. The third kappa shape index (κ3) is 5.27. The van der Waals surface area contributed by atoms with E-state index < -0.39 is 0 Å². The number of carbonyl (C=O) groups is 2. The van der Waals surface area contributed by atoms with Crippen LogP contribution in [0.15, 0.2) is 48.5 Å². The first-order valence-corrected chi connectivity index (χ1v) is 8.84. The average molecular weight is 371 g/mol. The van der Waals surface area contributed by atoms with E-state index in [1.807, 2.05) is 6.07 Å².